The van der Waals surface area contributed by atoms with Gasteiger partial charge >= 0.3 is 0 Å². The highest BCUT2D eigenvalue weighted by Crippen LogP contribution is 2.31. The summed E-state index contributed by atoms with van der Waals surface area (Å²) >= 11 is 0. The summed E-state index contributed by atoms with van der Waals surface area (Å²) in [7, 11) is -3.12. The second-order valence-corrected chi connectivity index (χ2v) is 8.54. The van der Waals surface area contributed by atoms with E-state index in [4.69, 9.17) is 4.52 Å². The van der Waals surface area contributed by atoms with Crippen molar-refractivity contribution in [1.29, 1.82) is 0 Å². The van der Waals surface area contributed by atoms with Crippen LogP contribution in [-0.4, -0.2) is 60.1 Å². The highest BCUT2D eigenvalue weighted by atomic mass is 32.2. The Morgan fingerprint density at radius 3 is 2.39 bits per heavy atom. The molecule has 0 unspecified atom stereocenters. The van der Waals surface area contributed by atoms with E-state index in [1.807, 2.05) is 13.8 Å². The lowest BCUT2D eigenvalue weighted by Crippen LogP contribution is -2.51. The number of hydrogen-bond donors (Lipinski definition) is 0. The van der Waals surface area contributed by atoms with Crippen LogP contribution in [-0.2, 0) is 21.2 Å². The third kappa shape index (κ3) is 3.42. The van der Waals surface area contributed by atoms with Crippen LogP contribution in [0.1, 0.15) is 36.3 Å². The maximum atomic E-state index is 12.3. The van der Waals surface area contributed by atoms with E-state index < -0.39 is 10.0 Å². The minimum Gasteiger partial charge on any atom is -0.361 e. The van der Waals surface area contributed by atoms with Gasteiger partial charge in [-0.3, -0.25) is 4.79 Å². The SMILES string of the molecule is Cc1noc(C)c1CCC(=O)N1CCN(S(=O)(=O)C2CC2)CC1. The summed E-state index contributed by atoms with van der Waals surface area (Å²) in [4.78, 5) is 14.1. The van der Waals surface area contributed by atoms with Gasteiger partial charge in [0.25, 0.3) is 0 Å². The Morgan fingerprint density at radius 2 is 1.87 bits per heavy atom. The molecule has 2 fully saturated rings. The Labute approximate surface area is 136 Å². The minimum absolute atomic E-state index is 0.0634. The maximum Gasteiger partial charge on any atom is 0.222 e. The number of hydrogen-bond acceptors (Lipinski definition) is 5. The fourth-order valence-electron chi connectivity index (χ4n) is 3.02. The quantitative estimate of drug-likeness (QED) is 0.793. The second kappa shape index (κ2) is 6.24. The van der Waals surface area contributed by atoms with E-state index in [0.717, 1.165) is 29.9 Å². The summed E-state index contributed by atoms with van der Waals surface area (Å²) in [5.41, 5.74) is 1.82. The zero-order chi connectivity index (χ0) is 16.6. The largest absolute Gasteiger partial charge is 0.361 e. The van der Waals surface area contributed by atoms with Gasteiger partial charge in [-0.15, -0.1) is 0 Å². The molecule has 0 spiro atoms. The van der Waals surface area contributed by atoms with Gasteiger partial charge in [0, 0.05) is 38.2 Å². The number of nitrogens with zero attached hydrogens (tertiary/aromatic N) is 3. The first-order valence-corrected chi connectivity index (χ1v) is 9.58. The molecule has 2 heterocycles. The van der Waals surface area contributed by atoms with Gasteiger partial charge in [-0.2, -0.15) is 4.31 Å². The standard InChI is InChI=1S/C15H23N3O4S/c1-11-14(12(2)22-16-11)5-6-15(19)17-7-9-18(10-8-17)23(20,21)13-3-4-13/h13H,3-10H2,1-2H3. The highest BCUT2D eigenvalue weighted by molar-refractivity contribution is 7.90. The molecule has 1 aliphatic heterocycles. The van der Waals surface area contributed by atoms with Crippen molar-refractivity contribution in [3.05, 3.63) is 17.0 Å². The topological polar surface area (TPSA) is 83.7 Å². The van der Waals surface area contributed by atoms with Crippen molar-refractivity contribution in [2.24, 2.45) is 0 Å². The molecule has 0 bridgehead atoms. The zero-order valence-electron chi connectivity index (χ0n) is 13.6. The number of aryl methyl sites for hydroxylation is 2. The summed E-state index contributed by atoms with van der Waals surface area (Å²) in [6, 6.07) is 0. The molecule has 1 amide bonds. The number of carbonyl (C=O) groups is 1. The predicted octanol–water partition coefficient (Wildman–Crippen LogP) is 0.860. The zero-order valence-corrected chi connectivity index (χ0v) is 14.4. The summed E-state index contributed by atoms with van der Waals surface area (Å²) in [6.45, 7) is 5.50. The summed E-state index contributed by atoms with van der Waals surface area (Å²) < 4.78 is 31.0. The molecule has 3 rings (SSSR count). The average Bonchev–Trinajstić information content (AvgIpc) is 3.34. The number of aromatic nitrogens is 1. The third-order valence-corrected chi connectivity index (χ3v) is 7.07. The van der Waals surface area contributed by atoms with E-state index in [9.17, 15) is 13.2 Å². The van der Waals surface area contributed by atoms with Gasteiger partial charge in [-0.05, 0) is 33.1 Å². The van der Waals surface area contributed by atoms with E-state index in [-0.39, 0.29) is 11.2 Å². The number of carbonyl (C=O) groups excluding carboxylic acids is 1. The van der Waals surface area contributed by atoms with Crippen LogP contribution >= 0.6 is 0 Å². The van der Waals surface area contributed by atoms with Crippen molar-refractivity contribution in [3.8, 4) is 0 Å². The lowest BCUT2D eigenvalue weighted by molar-refractivity contribution is -0.132. The summed E-state index contributed by atoms with van der Waals surface area (Å²) in [6.07, 6.45) is 2.57. The normalized spacial score (nSPS) is 20.0. The molecular formula is C15H23N3O4S. The van der Waals surface area contributed by atoms with Gasteiger partial charge in [0.05, 0.1) is 10.9 Å². The first-order valence-electron chi connectivity index (χ1n) is 8.08. The summed E-state index contributed by atoms with van der Waals surface area (Å²) in [5.74, 6) is 0.823. The van der Waals surface area contributed by atoms with Crippen LogP contribution in [0.15, 0.2) is 4.52 Å². The van der Waals surface area contributed by atoms with E-state index >= 15 is 0 Å². The predicted molar refractivity (Wildman–Crippen MR) is 84.4 cm³/mol. The van der Waals surface area contributed by atoms with E-state index in [0.29, 0.717) is 39.0 Å². The number of sulfonamides is 1. The third-order valence-electron chi connectivity index (χ3n) is 4.67. The first-order chi connectivity index (χ1) is 10.9. The van der Waals surface area contributed by atoms with Crippen LogP contribution in [0.25, 0.3) is 0 Å². The van der Waals surface area contributed by atoms with E-state index in [2.05, 4.69) is 5.16 Å². The van der Waals surface area contributed by atoms with E-state index in [1.54, 1.807) is 9.21 Å². The van der Waals surface area contributed by atoms with Crippen LogP contribution in [0.5, 0.6) is 0 Å². The Balaban J connectivity index is 1.50. The Kier molecular flexibility index (Phi) is 4.46. The van der Waals surface area contributed by atoms with Crippen molar-refractivity contribution in [3.63, 3.8) is 0 Å². The van der Waals surface area contributed by atoms with Crippen molar-refractivity contribution >= 4 is 15.9 Å². The fourth-order valence-corrected chi connectivity index (χ4v) is 4.84. The van der Waals surface area contributed by atoms with Gasteiger partial charge in [-0.25, -0.2) is 8.42 Å². The minimum atomic E-state index is -3.12. The van der Waals surface area contributed by atoms with Crippen LogP contribution in [0.3, 0.4) is 0 Å². The molecule has 2 aliphatic rings. The van der Waals surface area contributed by atoms with Gasteiger partial charge in [0.15, 0.2) is 0 Å². The van der Waals surface area contributed by atoms with Crippen molar-refractivity contribution in [2.75, 3.05) is 26.2 Å². The number of piperazine rings is 1. The molecule has 128 valence electrons. The smallest absolute Gasteiger partial charge is 0.222 e. The Bertz CT molecular complexity index is 666. The monoisotopic (exact) mass is 341 g/mol. The molecule has 0 atom stereocenters. The average molecular weight is 341 g/mol. The molecule has 1 aromatic heterocycles. The van der Waals surface area contributed by atoms with Crippen LogP contribution < -0.4 is 0 Å². The molecule has 1 saturated heterocycles. The van der Waals surface area contributed by atoms with Crippen LogP contribution in [0, 0.1) is 13.8 Å². The Morgan fingerprint density at radius 1 is 1.22 bits per heavy atom. The first kappa shape index (κ1) is 16.4. The van der Waals surface area contributed by atoms with Gasteiger partial charge in [0.2, 0.25) is 15.9 Å². The summed E-state index contributed by atoms with van der Waals surface area (Å²) in [5, 5.41) is 3.72. The van der Waals surface area contributed by atoms with Crippen LogP contribution in [0.2, 0.25) is 0 Å². The van der Waals surface area contributed by atoms with Crippen molar-refractivity contribution in [2.45, 2.75) is 44.8 Å². The molecular weight excluding hydrogens is 318 g/mol. The van der Waals surface area contributed by atoms with Crippen LogP contribution in [0.4, 0.5) is 0 Å². The van der Waals surface area contributed by atoms with Gasteiger partial charge < -0.3 is 9.42 Å². The molecule has 0 radical (unpaired) electrons. The lowest BCUT2D eigenvalue weighted by atomic mass is 10.1. The highest BCUT2D eigenvalue weighted by Gasteiger charge is 2.41. The van der Waals surface area contributed by atoms with E-state index in [1.165, 1.54) is 0 Å². The van der Waals surface area contributed by atoms with Crippen molar-refractivity contribution < 1.29 is 17.7 Å². The molecule has 0 aromatic carbocycles. The molecule has 7 nitrogen and oxygen atoms in total. The van der Waals surface area contributed by atoms with Crippen molar-refractivity contribution in [1.82, 2.24) is 14.4 Å². The fraction of sp³-hybridized carbons (Fsp3) is 0.733. The molecule has 0 N–H and O–H groups in total. The Hall–Kier alpha value is -1.41. The number of rotatable bonds is 5. The second-order valence-electron chi connectivity index (χ2n) is 6.33. The van der Waals surface area contributed by atoms with Gasteiger partial charge in [0.1, 0.15) is 5.76 Å². The lowest BCUT2D eigenvalue weighted by Gasteiger charge is -2.34. The number of amides is 1. The molecule has 1 aromatic rings. The molecule has 23 heavy (non-hydrogen) atoms. The van der Waals surface area contributed by atoms with Gasteiger partial charge in [-0.1, -0.05) is 5.16 Å². The molecule has 1 aliphatic carbocycles. The molecule has 8 heteroatoms. The maximum absolute atomic E-state index is 12.3. The molecule has 1 saturated carbocycles.